The zero-order valence-electron chi connectivity index (χ0n) is 13.2. The molecule has 1 aliphatic heterocycles. The van der Waals surface area contributed by atoms with Crippen molar-refractivity contribution in [3.63, 3.8) is 0 Å². The SMILES string of the molecule is CC1CCC(CN)(CN2CCOc3ccccc3C2)CC1. The van der Waals surface area contributed by atoms with Crippen LogP contribution in [0.2, 0.25) is 0 Å². The molecular weight excluding hydrogens is 260 g/mol. The van der Waals surface area contributed by atoms with Crippen molar-refractivity contribution in [3.05, 3.63) is 29.8 Å². The van der Waals surface area contributed by atoms with E-state index in [-0.39, 0.29) is 0 Å². The molecule has 1 saturated carbocycles. The van der Waals surface area contributed by atoms with E-state index in [4.69, 9.17) is 10.5 Å². The molecule has 1 aliphatic carbocycles. The Morgan fingerprint density at radius 1 is 1.29 bits per heavy atom. The van der Waals surface area contributed by atoms with Gasteiger partial charge in [-0.05, 0) is 36.8 Å². The first-order valence-corrected chi connectivity index (χ1v) is 8.34. The molecule has 0 saturated heterocycles. The first-order chi connectivity index (χ1) is 10.2. The van der Waals surface area contributed by atoms with Crippen LogP contribution in [0.1, 0.15) is 38.2 Å². The second-order valence-corrected chi connectivity index (χ2v) is 7.05. The predicted octanol–water partition coefficient (Wildman–Crippen LogP) is 3.04. The summed E-state index contributed by atoms with van der Waals surface area (Å²) >= 11 is 0. The molecule has 0 radical (unpaired) electrons. The van der Waals surface area contributed by atoms with Gasteiger partial charge in [0.25, 0.3) is 0 Å². The Morgan fingerprint density at radius 3 is 2.81 bits per heavy atom. The van der Waals surface area contributed by atoms with Crippen molar-refractivity contribution in [2.45, 2.75) is 39.2 Å². The lowest BCUT2D eigenvalue weighted by Gasteiger charge is -2.41. The summed E-state index contributed by atoms with van der Waals surface area (Å²) < 4.78 is 5.88. The molecular formula is C18H28N2O. The third kappa shape index (κ3) is 3.41. The van der Waals surface area contributed by atoms with Crippen molar-refractivity contribution < 1.29 is 4.74 Å². The van der Waals surface area contributed by atoms with Crippen LogP contribution in [0.3, 0.4) is 0 Å². The average molecular weight is 288 g/mol. The molecule has 3 nitrogen and oxygen atoms in total. The van der Waals surface area contributed by atoms with Gasteiger partial charge in [-0.3, -0.25) is 4.90 Å². The van der Waals surface area contributed by atoms with E-state index in [2.05, 4.69) is 36.1 Å². The summed E-state index contributed by atoms with van der Waals surface area (Å²) in [5.74, 6) is 1.93. The highest BCUT2D eigenvalue weighted by Gasteiger charge is 2.35. The maximum atomic E-state index is 6.18. The third-order valence-electron chi connectivity index (χ3n) is 5.36. The van der Waals surface area contributed by atoms with Crippen LogP contribution in [-0.2, 0) is 6.54 Å². The molecule has 0 atom stereocenters. The Bertz CT molecular complexity index is 466. The van der Waals surface area contributed by atoms with Gasteiger partial charge in [-0.25, -0.2) is 0 Å². The fourth-order valence-corrected chi connectivity index (χ4v) is 3.79. The van der Waals surface area contributed by atoms with Gasteiger partial charge in [0.05, 0.1) is 0 Å². The quantitative estimate of drug-likeness (QED) is 0.929. The van der Waals surface area contributed by atoms with Crippen molar-refractivity contribution in [2.75, 3.05) is 26.2 Å². The molecule has 3 heteroatoms. The summed E-state index contributed by atoms with van der Waals surface area (Å²) in [7, 11) is 0. The van der Waals surface area contributed by atoms with Crippen molar-refractivity contribution in [2.24, 2.45) is 17.1 Å². The molecule has 21 heavy (non-hydrogen) atoms. The van der Waals surface area contributed by atoms with Gasteiger partial charge in [0.2, 0.25) is 0 Å². The highest BCUT2D eigenvalue weighted by Crippen LogP contribution is 2.39. The van der Waals surface area contributed by atoms with Gasteiger partial charge in [0.1, 0.15) is 12.4 Å². The molecule has 0 aromatic heterocycles. The summed E-state index contributed by atoms with van der Waals surface area (Å²) in [6, 6.07) is 8.43. The van der Waals surface area contributed by atoms with Crippen LogP contribution in [0.25, 0.3) is 0 Å². The van der Waals surface area contributed by atoms with Crippen molar-refractivity contribution in [3.8, 4) is 5.75 Å². The molecule has 116 valence electrons. The number of rotatable bonds is 3. The minimum atomic E-state index is 0.325. The summed E-state index contributed by atoms with van der Waals surface area (Å²) in [4.78, 5) is 2.55. The molecule has 0 bridgehead atoms. The molecule has 1 aromatic carbocycles. The Balaban J connectivity index is 1.69. The number of benzene rings is 1. The topological polar surface area (TPSA) is 38.5 Å². The van der Waals surface area contributed by atoms with Gasteiger partial charge >= 0.3 is 0 Å². The van der Waals surface area contributed by atoms with E-state index >= 15 is 0 Å². The Labute approximate surface area is 128 Å². The standard InChI is InChI=1S/C18H28N2O/c1-15-6-8-18(13-19,9-7-15)14-20-10-11-21-17-5-3-2-4-16(17)12-20/h2-5,15H,6-14,19H2,1H3. The summed E-state index contributed by atoms with van der Waals surface area (Å²) in [5, 5.41) is 0. The van der Waals surface area contributed by atoms with Gasteiger partial charge in [0, 0.05) is 25.2 Å². The molecule has 1 heterocycles. The Hall–Kier alpha value is -1.06. The lowest BCUT2D eigenvalue weighted by molar-refractivity contribution is 0.0870. The van der Waals surface area contributed by atoms with E-state index in [0.717, 1.165) is 44.5 Å². The fraction of sp³-hybridized carbons (Fsp3) is 0.667. The second kappa shape index (κ2) is 6.37. The zero-order chi connectivity index (χ0) is 14.7. The maximum absolute atomic E-state index is 6.18. The van der Waals surface area contributed by atoms with Crippen LogP contribution in [0.5, 0.6) is 5.75 Å². The van der Waals surface area contributed by atoms with Crippen LogP contribution in [0.4, 0.5) is 0 Å². The number of hydrogen-bond donors (Lipinski definition) is 1. The van der Waals surface area contributed by atoms with Crippen LogP contribution >= 0.6 is 0 Å². The predicted molar refractivity (Wildman–Crippen MR) is 86.3 cm³/mol. The van der Waals surface area contributed by atoms with Crippen LogP contribution in [0, 0.1) is 11.3 Å². The summed E-state index contributed by atoms with van der Waals surface area (Å²) in [5.41, 5.74) is 7.81. The van der Waals surface area contributed by atoms with Gasteiger partial charge in [-0.15, -0.1) is 0 Å². The average Bonchev–Trinajstić information content (AvgIpc) is 2.71. The number of hydrogen-bond acceptors (Lipinski definition) is 3. The lowest BCUT2D eigenvalue weighted by Crippen LogP contribution is -2.45. The molecule has 2 N–H and O–H groups in total. The van der Waals surface area contributed by atoms with Crippen molar-refractivity contribution >= 4 is 0 Å². The fourth-order valence-electron chi connectivity index (χ4n) is 3.79. The van der Waals surface area contributed by atoms with Crippen LogP contribution in [-0.4, -0.2) is 31.1 Å². The zero-order valence-corrected chi connectivity index (χ0v) is 13.2. The monoisotopic (exact) mass is 288 g/mol. The Kier molecular flexibility index (Phi) is 4.51. The molecule has 2 aliphatic rings. The summed E-state index contributed by atoms with van der Waals surface area (Å²) in [6.45, 7) is 7.09. The molecule has 1 fully saturated rings. The van der Waals surface area contributed by atoms with Crippen molar-refractivity contribution in [1.82, 2.24) is 4.90 Å². The molecule has 0 unspecified atom stereocenters. The molecule has 1 aromatic rings. The van der Waals surface area contributed by atoms with E-state index in [9.17, 15) is 0 Å². The minimum Gasteiger partial charge on any atom is -0.492 e. The van der Waals surface area contributed by atoms with Gasteiger partial charge in [0.15, 0.2) is 0 Å². The minimum absolute atomic E-state index is 0.325. The first-order valence-electron chi connectivity index (χ1n) is 8.34. The number of nitrogens with zero attached hydrogens (tertiary/aromatic N) is 1. The van der Waals surface area contributed by atoms with E-state index in [1.54, 1.807) is 0 Å². The highest BCUT2D eigenvalue weighted by atomic mass is 16.5. The number of para-hydroxylation sites is 1. The third-order valence-corrected chi connectivity index (χ3v) is 5.36. The molecule has 0 amide bonds. The lowest BCUT2D eigenvalue weighted by atomic mass is 9.70. The number of fused-ring (bicyclic) bond motifs is 1. The second-order valence-electron chi connectivity index (χ2n) is 7.05. The van der Waals surface area contributed by atoms with Gasteiger partial charge in [-0.1, -0.05) is 38.0 Å². The maximum Gasteiger partial charge on any atom is 0.123 e. The smallest absolute Gasteiger partial charge is 0.123 e. The van der Waals surface area contributed by atoms with E-state index < -0.39 is 0 Å². The number of nitrogens with two attached hydrogens (primary N) is 1. The number of ether oxygens (including phenoxy) is 1. The highest BCUT2D eigenvalue weighted by molar-refractivity contribution is 5.33. The van der Waals surface area contributed by atoms with Crippen LogP contribution in [0.15, 0.2) is 24.3 Å². The first kappa shape index (κ1) is 14.9. The van der Waals surface area contributed by atoms with Crippen LogP contribution < -0.4 is 10.5 Å². The van der Waals surface area contributed by atoms with E-state index in [1.807, 2.05) is 0 Å². The van der Waals surface area contributed by atoms with Gasteiger partial charge in [-0.2, -0.15) is 0 Å². The summed E-state index contributed by atoms with van der Waals surface area (Å²) in [6.07, 6.45) is 5.23. The largest absolute Gasteiger partial charge is 0.492 e. The van der Waals surface area contributed by atoms with E-state index in [0.29, 0.717) is 5.41 Å². The van der Waals surface area contributed by atoms with Crippen molar-refractivity contribution in [1.29, 1.82) is 0 Å². The Morgan fingerprint density at radius 2 is 2.05 bits per heavy atom. The molecule has 3 rings (SSSR count). The van der Waals surface area contributed by atoms with Gasteiger partial charge < -0.3 is 10.5 Å². The normalized spacial score (nSPS) is 30.3. The van der Waals surface area contributed by atoms with E-state index in [1.165, 1.54) is 31.2 Å². The molecule has 0 spiro atoms.